The van der Waals surface area contributed by atoms with E-state index in [1.54, 1.807) is 0 Å². The van der Waals surface area contributed by atoms with Gasteiger partial charge in [-0.05, 0) is 36.6 Å². The summed E-state index contributed by atoms with van der Waals surface area (Å²) in [5, 5.41) is 2.91. The summed E-state index contributed by atoms with van der Waals surface area (Å²) in [6.45, 7) is 1.35. The number of ether oxygens (including phenoxy) is 3. The third kappa shape index (κ3) is 3.77. The van der Waals surface area contributed by atoms with Crippen LogP contribution in [0.3, 0.4) is 0 Å². The van der Waals surface area contributed by atoms with Crippen LogP contribution in [0.2, 0.25) is 0 Å². The first-order chi connectivity index (χ1) is 12.3. The van der Waals surface area contributed by atoms with Crippen LogP contribution < -0.4 is 14.8 Å². The van der Waals surface area contributed by atoms with E-state index in [9.17, 15) is 4.79 Å². The molecule has 0 saturated carbocycles. The van der Waals surface area contributed by atoms with Crippen LogP contribution in [0.15, 0.2) is 48.5 Å². The Bertz CT molecular complexity index is 730. The fourth-order valence-electron chi connectivity index (χ4n) is 3.18. The minimum absolute atomic E-state index is 0.146. The normalized spacial score (nSPS) is 21.4. The van der Waals surface area contributed by atoms with Gasteiger partial charge in [0.25, 0.3) is 5.91 Å². The first-order valence-electron chi connectivity index (χ1n) is 8.68. The Labute approximate surface area is 146 Å². The molecule has 2 aromatic carbocycles. The van der Waals surface area contributed by atoms with E-state index in [2.05, 4.69) is 5.32 Å². The van der Waals surface area contributed by atoms with Gasteiger partial charge in [0.2, 0.25) is 0 Å². The summed E-state index contributed by atoms with van der Waals surface area (Å²) in [6.07, 6.45) is 2.40. The molecule has 1 fully saturated rings. The van der Waals surface area contributed by atoms with Crippen molar-refractivity contribution in [2.45, 2.75) is 31.5 Å². The van der Waals surface area contributed by atoms with Gasteiger partial charge in [0.1, 0.15) is 18.1 Å². The zero-order chi connectivity index (χ0) is 17.1. The van der Waals surface area contributed by atoms with Crippen molar-refractivity contribution in [1.29, 1.82) is 0 Å². The molecule has 0 bridgehead atoms. The van der Waals surface area contributed by atoms with Gasteiger partial charge in [-0.25, -0.2) is 0 Å². The maximum Gasteiger partial charge on any atom is 0.265 e. The monoisotopic (exact) mass is 339 g/mol. The van der Waals surface area contributed by atoms with E-state index in [0.717, 1.165) is 36.5 Å². The average molecular weight is 339 g/mol. The Morgan fingerprint density at radius 3 is 2.96 bits per heavy atom. The van der Waals surface area contributed by atoms with E-state index < -0.39 is 6.10 Å². The number of nitrogens with one attached hydrogen (secondary N) is 1. The van der Waals surface area contributed by atoms with Crippen molar-refractivity contribution >= 4 is 11.6 Å². The molecule has 1 amide bonds. The topological polar surface area (TPSA) is 56.8 Å². The summed E-state index contributed by atoms with van der Waals surface area (Å²) >= 11 is 0. The predicted octanol–water partition coefficient (Wildman–Crippen LogP) is 3.19. The number of fused-ring (bicyclic) bond motifs is 1. The summed E-state index contributed by atoms with van der Waals surface area (Å²) in [7, 11) is 0. The molecule has 0 radical (unpaired) electrons. The number of carbonyl (C=O) groups is 1. The van der Waals surface area contributed by atoms with Crippen LogP contribution in [0.5, 0.6) is 11.5 Å². The molecule has 2 heterocycles. The van der Waals surface area contributed by atoms with Crippen LogP contribution in [0.4, 0.5) is 5.69 Å². The number of hydrogen-bond donors (Lipinski definition) is 1. The van der Waals surface area contributed by atoms with Crippen molar-refractivity contribution in [2.75, 3.05) is 18.5 Å². The Morgan fingerprint density at radius 1 is 1.20 bits per heavy atom. The van der Waals surface area contributed by atoms with E-state index in [1.165, 1.54) is 0 Å². The van der Waals surface area contributed by atoms with Crippen molar-refractivity contribution in [1.82, 2.24) is 0 Å². The lowest BCUT2D eigenvalue weighted by atomic mass is 10.1. The third-order valence-electron chi connectivity index (χ3n) is 4.50. The van der Waals surface area contributed by atoms with Gasteiger partial charge in [-0.2, -0.15) is 0 Å². The second-order valence-corrected chi connectivity index (χ2v) is 6.38. The highest BCUT2D eigenvalue weighted by molar-refractivity contribution is 5.95. The van der Waals surface area contributed by atoms with Crippen molar-refractivity contribution in [3.05, 3.63) is 54.1 Å². The molecule has 130 valence electrons. The minimum Gasteiger partial charge on any atom is -0.491 e. The predicted molar refractivity (Wildman–Crippen MR) is 94.1 cm³/mol. The number of para-hydroxylation sites is 1. The summed E-state index contributed by atoms with van der Waals surface area (Å²) < 4.78 is 17.1. The van der Waals surface area contributed by atoms with E-state index >= 15 is 0 Å². The number of carbonyl (C=O) groups excluding carboxylic acids is 1. The van der Waals surface area contributed by atoms with Gasteiger partial charge in [0.15, 0.2) is 6.10 Å². The molecule has 1 saturated heterocycles. The fourth-order valence-corrected chi connectivity index (χ4v) is 3.18. The number of hydrogen-bond acceptors (Lipinski definition) is 4. The van der Waals surface area contributed by atoms with Crippen LogP contribution in [-0.2, 0) is 16.0 Å². The fraction of sp³-hybridized carbons (Fsp3) is 0.350. The summed E-state index contributed by atoms with van der Waals surface area (Å²) in [4.78, 5) is 12.5. The second-order valence-electron chi connectivity index (χ2n) is 6.38. The molecule has 25 heavy (non-hydrogen) atoms. The highest BCUT2D eigenvalue weighted by Crippen LogP contribution is 2.29. The SMILES string of the molecule is O=C(Nc1cccc(OC[C@@H]2CCCO2)c1)[C@H]1Cc2ccccc2O1. The molecule has 5 heteroatoms. The van der Waals surface area contributed by atoms with Gasteiger partial charge < -0.3 is 19.5 Å². The molecule has 0 unspecified atom stereocenters. The molecule has 4 rings (SSSR count). The van der Waals surface area contributed by atoms with Crippen LogP contribution in [0, 0.1) is 0 Å². The number of anilines is 1. The van der Waals surface area contributed by atoms with Crippen LogP contribution in [0.1, 0.15) is 18.4 Å². The lowest BCUT2D eigenvalue weighted by Gasteiger charge is -2.14. The number of amides is 1. The number of benzene rings is 2. The van der Waals surface area contributed by atoms with E-state index in [4.69, 9.17) is 14.2 Å². The largest absolute Gasteiger partial charge is 0.491 e. The van der Waals surface area contributed by atoms with Crippen molar-refractivity contribution in [3.8, 4) is 11.5 Å². The van der Waals surface area contributed by atoms with Crippen molar-refractivity contribution in [2.24, 2.45) is 0 Å². The Balaban J connectivity index is 1.34. The molecule has 1 N–H and O–H groups in total. The first kappa shape index (κ1) is 16.0. The zero-order valence-corrected chi connectivity index (χ0v) is 13.9. The molecule has 0 aliphatic carbocycles. The van der Waals surface area contributed by atoms with Crippen LogP contribution in [0.25, 0.3) is 0 Å². The van der Waals surface area contributed by atoms with Crippen molar-refractivity contribution < 1.29 is 19.0 Å². The average Bonchev–Trinajstić information content (AvgIpc) is 3.29. The van der Waals surface area contributed by atoms with E-state index in [1.807, 2.05) is 48.5 Å². The molecule has 0 aromatic heterocycles. The molecular formula is C20H21NO4. The maximum absolute atomic E-state index is 12.5. The van der Waals surface area contributed by atoms with Crippen LogP contribution in [-0.4, -0.2) is 31.3 Å². The van der Waals surface area contributed by atoms with Gasteiger partial charge in [0, 0.05) is 24.8 Å². The van der Waals surface area contributed by atoms with E-state index in [0.29, 0.717) is 18.7 Å². The van der Waals surface area contributed by atoms with E-state index in [-0.39, 0.29) is 12.0 Å². The van der Waals surface area contributed by atoms with Gasteiger partial charge in [-0.1, -0.05) is 24.3 Å². The Hall–Kier alpha value is -2.53. The lowest BCUT2D eigenvalue weighted by Crippen LogP contribution is -2.31. The highest BCUT2D eigenvalue weighted by Gasteiger charge is 2.28. The summed E-state index contributed by atoms with van der Waals surface area (Å²) in [5.74, 6) is 1.37. The smallest absolute Gasteiger partial charge is 0.265 e. The summed E-state index contributed by atoms with van der Waals surface area (Å²) in [6, 6.07) is 15.2. The highest BCUT2D eigenvalue weighted by atomic mass is 16.5. The maximum atomic E-state index is 12.5. The molecule has 2 aromatic rings. The second kappa shape index (κ2) is 7.15. The van der Waals surface area contributed by atoms with Crippen LogP contribution >= 0.6 is 0 Å². The first-order valence-corrected chi connectivity index (χ1v) is 8.68. The molecule has 2 aliphatic rings. The van der Waals surface area contributed by atoms with Gasteiger partial charge in [0.05, 0.1) is 6.10 Å². The molecule has 5 nitrogen and oxygen atoms in total. The van der Waals surface area contributed by atoms with Gasteiger partial charge in [-0.15, -0.1) is 0 Å². The third-order valence-corrected chi connectivity index (χ3v) is 4.50. The molecule has 2 aliphatic heterocycles. The molecule has 2 atom stereocenters. The molecular weight excluding hydrogens is 318 g/mol. The minimum atomic E-state index is -0.492. The Kier molecular flexibility index (Phi) is 4.57. The standard InChI is InChI=1S/C20H21NO4/c22-20(19-11-14-5-1-2-9-18(14)25-19)21-15-6-3-7-16(12-15)24-13-17-8-4-10-23-17/h1-3,5-7,9,12,17,19H,4,8,10-11,13H2,(H,21,22)/t17-,19+/m0/s1. The number of rotatable bonds is 5. The lowest BCUT2D eigenvalue weighted by molar-refractivity contribution is -0.122. The molecule has 0 spiro atoms. The zero-order valence-electron chi connectivity index (χ0n) is 13.9. The van der Waals surface area contributed by atoms with Gasteiger partial charge >= 0.3 is 0 Å². The Morgan fingerprint density at radius 2 is 2.12 bits per heavy atom. The summed E-state index contributed by atoms with van der Waals surface area (Å²) in [5.41, 5.74) is 1.77. The van der Waals surface area contributed by atoms with Crippen molar-refractivity contribution in [3.63, 3.8) is 0 Å². The quantitative estimate of drug-likeness (QED) is 0.909. The van der Waals surface area contributed by atoms with Gasteiger partial charge in [-0.3, -0.25) is 4.79 Å².